The molecular formula is C18H24N4O. The van der Waals surface area contributed by atoms with Crippen molar-refractivity contribution in [2.45, 2.75) is 46.1 Å². The molecule has 2 rings (SSSR count). The van der Waals surface area contributed by atoms with E-state index in [0.29, 0.717) is 11.7 Å². The van der Waals surface area contributed by atoms with Gasteiger partial charge in [0.05, 0.1) is 12.4 Å². The number of rotatable bonds is 4. The van der Waals surface area contributed by atoms with Gasteiger partial charge in [0, 0.05) is 11.2 Å². The number of aromatic nitrogens is 2. The molecule has 0 saturated carbocycles. The third kappa shape index (κ3) is 5.06. The fraction of sp³-hybridized carbons (Fsp3) is 0.389. The van der Waals surface area contributed by atoms with Crippen molar-refractivity contribution in [3.63, 3.8) is 0 Å². The number of nitrogens with one attached hydrogen (secondary N) is 2. The average molecular weight is 312 g/mol. The van der Waals surface area contributed by atoms with E-state index in [2.05, 4.69) is 34.4 Å². The highest BCUT2D eigenvalue weighted by Gasteiger charge is 2.12. The summed E-state index contributed by atoms with van der Waals surface area (Å²) < 4.78 is 0. The number of amides is 1. The molecule has 0 fully saturated rings. The molecule has 0 spiro atoms. The number of carbonyl (C=O) groups is 1. The molecule has 122 valence electrons. The van der Waals surface area contributed by atoms with Crippen LogP contribution in [0.1, 0.15) is 56.6 Å². The summed E-state index contributed by atoms with van der Waals surface area (Å²) in [5, 5.41) is 6.04. The van der Waals surface area contributed by atoms with Gasteiger partial charge < -0.3 is 10.6 Å². The molecule has 0 atom stereocenters. The number of carbonyl (C=O) groups excluding carboxylic acids is 1. The van der Waals surface area contributed by atoms with E-state index < -0.39 is 0 Å². The molecule has 0 bridgehead atoms. The fourth-order valence-electron chi connectivity index (χ4n) is 2.04. The van der Waals surface area contributed by atoms with Crippen molar-refractivity contribution in [3.8, 4) is 0 Å². The molecule has 1 amide bonds. The second-order valence-corrected chi connectivity index (χ2v) is 6.89. The van der Waals surface area contributed by atoms with Crippen molar-refractivity contribution in [2.24, 2.45) is 0 Å². The third-order valence-electron chi connectivity index (χ3n) is 3.22. The molecule has 0 aliphatic heterocycles. The highest BCUT2D eigenvalue weighted by molar-refractivity contribution is 6.02. The predicted molar refractivity (Wildman–Crippen MR) is 93.9 cm³/mol. The van der Waals surface area contributed by atoms with Crippen LogP contribution in [0, 0.1) is 0 Å². The van der Waals surface area contributed by atoms with Gasteiger partial charge in [-0.2, -0.15) is 0 Å². The van der Waals surface area contributed by atoms with Gasteiger partial charge in [-0.15, -0.1) is 0 Å². The van der Waals surface area contributed by atoms with Crippen molar-refractivity contribution < 1.29 is 4.79 Å². The van der Waals surface area contributed by atoms with Gasteiger partial charge in [-0.25, -0.2) is 9.97 Å². The van der Waals surface area contributed by atoms with Crippen LogP contribution in [0.2, 0.25) is 0 Å². The molecule has 1 heterocycles. The van der Waals surface area contributed by atoms with E-state index in [-0.39, 0.29) is 17.1 Å². The van der Waals surface area contributed by atoms with Crippen molar-refractivity contribution in [1.29, 1.82) is 0 Å². The number of nitrogens with zero attached hydrogens (tertiary/aromatic N) is 2. The summed E-state index contributed by atoms with van der Waals surface area (Å²) in [4.78, 5) is 20.6. The maximum Gasteiger partial charge on any atom is 0.275 e. The zero-order valence-corrected chi connectivity index (χ0v) is 14.3. The highest BCUT2D eigenvalue weighted by Crippen LogP contribution is 2.17. The van der Waals surface area contributed by atoms with Crippen LogP contribution in [-0.2, 0) is 0 Å². The molecule has 5 nitrogen and oxygen atoms in total. The van der Waals surface area contributed by atoms with Gasteiger partial charge in [0.25, 0.3) is 5.91 Å². The Morgan fingerprint density at radius 3 is 2.17 bits per heavy atom. The Morgan fingerprint density at radius 1 is 1.04 bits per heavy atom. The van der Waals surface area contributed by atoms with Crippen LogP contribution >= 0.6 is 0 Å². The first-order valence-electron chi connectivity index (χ1n) is 7.76. The molecular weight excluding hydrogens is 288 g/mol. The van der Waals surface area contributed by atoms with Crippen molar-refractivity contribution in [3.05, 3.63) is 47.9 Å². The number of anilines is 2. The molecule has 0 radical (unpaired) electrons. The maximum atomic E-state index is 12.2. The molecule has 0 unspecified atom stereocenters. The molecule has 0 aliphatic carbocycles. The number of hydrogen-bond acceptors (Lipinski definition) is 4. The van der Waals surface area contributed by atoms with Gasteiger partial charge >= 0.3 is 0 Å². The van der Waals surface area contributed by atoms with Crippen molar-refractivity contribution >= 4 is 17.4 Å². The first-order chi connectivity index (χ1) is 10.7. The standard InChI is InChI=1S/C18H24N4O/c1-12(2)13-6-8-14(9-7-13)21-17(23)15-10-20-16(11-19-15)22-18(3,4)5/h6-12H,1-5H3,(H,20,22)(H,21,23). The predicted octanol–water partition coefficient (Wildman–Crippen LogP) is 4.06. The third-order valence-corrected chi connectivity index (χ3v) is 3.22. The van der Waals surface area contributed by atoms with E-state index in [1.165, 1.54) is 11.8 Å². The summed E-state index contributed by atoms with van der Waals surface area (Å²) >= 11 is 0. The Balaban J connectivity index is 2.03. The van der Waals surface area contributed by atoms with E-state index in [1.807, 2.05) is 45.0 Å². The lowest BCUT2D eigenvalue weighted by molar-refractivity contribution is 0.102. The highest BCUT2D eigenvalue weighted by atomic mass is 16.1. The Hall–Kier alpha value is -2.43. The summed E-state index contributed by atoms with van der Waals surface area (Å²) in [6.07, 6.45) is 3.05. The quantitative estimate of drug-likeness (QED) is 0.893. The van der Waals surface area contributed by atoms with E-state index in [1.54, 1.807) is 6.20 Å². The molecule has 0 aliphatic rings. The monoisotopic (exact) mass is 312 g/mol. The van der Waals surface area contributed by atoms with Gasteiger partial charge in [-0.3, -0.25) is 4.79 Å². The van der Waals surface area contributed by atoms with Gasteiger partial charge in [-0.05, 0) is 44.4 Å². The normalized spacial score (nSPS) is 11.4. The zero-order chi connectivity index (χ0) is 17.0. The van der Waals surface area contributed by atoms with Crippen molar-refractivity contribution in [2.75, 3.05) is 10.6 Å². The summed E-state index contributed by atoms with van der Waals surface area (Å²) in [6, 6.07) is 7.83. The van der Waals surface area contributed by atoms with Gasteiger partial charge in [0.1, 0.15) is 11.5 Å². The van der Waals surface area contributed by atoms with Crippen LogP contribution in [0.15, 0.2) is 36.7 Å². The largest absolute Gasteiger partial charge is 0.364 e. The summed E-state index contributed by atoms with van der Waals surface area (Å²) in [6.45, 7) is 10.4. The molecule has 0 saturated heterocycles. The minimum Gasteiger partial charge on any atom is -0.364 e. The molecule has 1 aromatic heterocycles. The van der Waals surface area contributed by atoms with Gasteiger partial charge in [0.15, 0.2) is 0 Å². The molecule has 5 heteroatoms. The lowest BCUT2D eigenvalue weighted by Gasteiger charge is -2.20. The first kappa shape index (κ1) is 16.9. The molecule has 1 aromatic carbocycles. The maximum absolute atomic E-state index is 12.2. The Bertz CT molecular complexity index is 655. The molecule has 2 aromatic rings. The summed E-state index contributed by atoms with van der Waals surface area (Å²) in [5.41, 5.74) is 2.17. The first-order valence-corrected chi connectivity index (χ1v) is 7.76. The molecule has 23 heavy (non-hydrogen) atoms. The average Bonchev–Trinajstić information content (AvgIpc) is 2.46. The fourth-order valence-corrected chi connectivity index (χ4v) is 2.04. The lowest BCUT2D eigenvalue weighted by Crippen LogP contribution is -2.27. The van der Waals surface area contributed by atoms with E-state index in [0.717, 1.165) is 5.69 Å². The van der Waals surface area contributed by atoms with Crippen LogP contribution in [0.25, 0.3) is 0 Å². The van der Waals surface area contributed by atoms with E-state index >= 15 is 0 Å². The number of benzene rings is 1. The van der Waals surface area contributed by atoms with Gasteiger partial charge in [0.2, 0.25) is 0 Å². The Labute approximate surface area is 137 Å². The summed E-state index contributed by atoms with van der Waals surface area (Å²) in [5.74, 6) is 0.848. The second kappa shape index (κ2) is 6.77. The van der Waals surface area contributed by atoms with E-state index in [4.69, 9.17) is 0 Å². The minimum atomic E-state index is -0.267. The van der Waals surface area contributed by atoms with Crippen LogP contribution in [0.4, 0.5) is 11.5 Å². The van der Waals surface area contributed by atoms with Crippen LogP contribution < -0.4 is 10.6 Å². The zero-order valence-electron chi connectivity index (χ0n) is 14.3. The summed E-state index contributed by atoms with van der Waals surface area (Å²) in [7, 11) is 0. The molecule has 2 N–H and O–H groups in total. The van der Waals surface area contributed by atoms with Crippen LogP contribution in [-0.4, -0.2) is 21.4 Å². The van der Waals surface area contributed by atoms with E-state index in [9.17, 15) is 4.79 Å². The lowest BCUT2D eigenvalue weighted by atomic mass is 10.0. The Kier molecular flexibility index (Phi) is 4.98. The number of hydrogen-bond donors (Lipinski definition) is 2. The Morgan fingerprint density at radius 2 is 1.70 bits per heavy atom. The minimum absolute atomic E-state index is 0.101. The van der Waals surface area contributed by atoms with Crippen LogP contribution in [0.3, 0.4) is 0 Å². The smallest absolute Gasteiger partial charge is 0.275 e. The van der Waals surface area contributed by atoms with Crippen LogP contribution in [0.5, 0.6) is 0 Å². The topological polar surface area (TPSA) is 66.9 Å². The van der Waals surface area contributed by atoms with Crippen molar-refractivity contribution in [1.82, 2.24) is 9.97 Å². The SMILES string of the molecule is CC(C)c1ccc(NC(=O)c2cnc(NC(C)(C)C)cn2)cc1. The second-order valence-electron chi connectivity index (χ2n) is 6.89. The van der Waals surface area contributed by atoms with Gasteiger partial charge in [-0.1, -0.05) is 26.0 Å².